The number of anilines is 2. The number of fused-ring (bicyclic) bond motifs is 2. The van der Waals surface area contributed by atoms with Crippen molar-refractivity contribution in [3.05, 3.63) is 65.2 Å². The molecule has 4 aromatic rings. The molecule has 0 saturated carbocycles. The normalized spacial score (nSPS) is 13.1. The number of aryl methyl sites for hydroxylation is 2. The van der Waals surface area contributed by atoms with Gasteiger partial charge in [-0.2, -0.15) is 5.10 Å². The third-order valence-electron chi connectivity index (χ3n) is 5.74. The van der Waals surface area contributed by atoms with E-state index in [2.05, 4.69) is 15.1 Å². The third kappa shape index (κ3) is 3.20. The molecule has 8 heteroatoms. The Bertz CT molecular complexity index is 1350. The number of halogens is 1. The summed E-state index contributed by atoms with van der Waals surface area (Å²) in [7, 11) is 1.82. The van der Waals surface area contributed by atoms with E-state index in [1.807, 2.05) is 32.2 Å². The summed E-state index contributed by atoms with van der Waals surface area (Å²) < 4.78 is 15.8. The number of benzene rings is 2. The second-order valence-corrected chi connectivity index (χ2v) is 7.84. The van der Waals surface area contributed by atoms with E-state index in [0.29, 0.717) is 34.7 Å². The summed E-state index contributed by atoms with van der Waals surface area (Å²) in [4.78, 5) is 23.0. The molecule has 0 saturated heterocycles. The van der Waals surface area contributed by atoms with Gasteiger partial charge in [0.05, 0.1) is 11.8 Å². The molecule has 0 radical (unpaired) electrons. The van der Waals surface area contributed by atoms with Crippen LogP contribution in [-0.4, -0.2) is 32.2 Å². The molecule has 2 aromatic carbocycles. The number of hydrogen-bond donors (Lipinski definition) is 1. The van der Waals surface area contributed by atoms with Crippen LogP contribution in [-0.2, 0) is 24.7 Å². The Hall–Kier alpha value is -3.81. The van der Waals surface area contributed by atoms with Gasteiger partial charge in [-0.25, -0.2) is 19.0 Å². The number of aromatic nitrogens is 4. The first-order chi connectivity index (χ1) is 14.9. The number of carbonyl (C=O) groups excluding carboxylic acids is 1. The number of nitrogens with two attached hydrogens (primary N) is 1. The minimum absolute atomic E-state index is 0.0352. The van der Waals surface area contributed by atoms with Gasteiger partial charge in [0.2, 0.25) is 5.91 Å². The van der Waals surface area contributed by atoms with Crippen molar-refractivity contribution in [2.45, 2.75) is 19.8 Å². The zero-order valence-corrected chi connectivity index (χ0v) is 17.3. The van der Waals surface area contributed by atoms with E-state index in [-0.39, 0.29) is 18.1 Å². The molecule has 0 fully saturated rings. The first kappa shape index (κ1) is 19.2. The molecule has 0 atom stereocenters. The lowest BCUT2D eigenvalue weighted by Crippen LogP contribution is -2.30. The Kier molecular flexibility index (Phi) is 4.43. The summed E-state index contributed by atoms with van der Waals surface area (Å²) in [6, 6.07) is 10.7. The van der Waals surface area contributed by atoms with Crippen LogP contribution in [0.3, 0.4) is 0 Å². The summed E-state index contributed by atoms with van der Waals surface area (Å²) in [6.45, 7) is 2.46. The molecule has 1 aliphatic heterocycles. The van der Waals surface area contributed by atoms with Crippen molar-refractivity contribution in [2.75, 3.05) is 17.2 Å². The van der Waals surface area contributed by atoms with Crippen LogP contribution in [0.25, 0.3) is 22.3 Å². The molecular weight excluding hydrogens is 395 g/mol. The van der Waals surface area contributed by atoms with Crippen molar-refractivity contribution in [1.82, 2.24) is 19.7 Å². The van der Waals surface area contributed by atoms with Gasteiger partial charge in [-0.15, -0.1) is 0 Å². The SMILES string of the molecule is Cc1ccc(F)c(CC(=O)N2CCc3cc(-c4nn(C)c5ncnc(N)c45)ccc32)c1. The van der Waals surface area contributed by atoms with Crippen molar-refractivity contribution >= 4 is 28.4 Å². The Morgan fingerprint density at radius 3 is 2.87 bits per heavy atom. The molecule has 1 aliphatic rings. The molecule has 3 heterocycles. The Morgan fingerprint density at radius 2 is 2.03 bits per heavy atom. The Balaban J connectivity index is 1.47. The zero-order chi connectivity index (χ0) is 21.7. The molecule has 5 rings (SSSR count). The smallest absolute Gasteiger partial charge is 0.231 e. The number of amides is 1. The summed E-state index contributed by atoms with van der Waals surface area (Å²) in [5.74, 6) is -0.0851. The Labute approximate surface area is 178 Å². The van der Waals surface area contributed by atoms with Crippen molar-refractivity contribution < 1.29 is 9.18 Å². The van der Waals surface area contributed by atoms with Gasteiger partial charge in [-0.05, 0) is 42.7 Å². The average molecular weight is 416 g/mol. The topological polar surface area (TPSA) is 89.9 Å². The van der Waals surface area contributed by atoms with Gasteiger partial charge in [0.25, 0.3) is 0 Å². The van der Waals surface area contributed by atoms with E-state index in [9.17, 15) is 9.18 Å². The number of rotatable bonds is 3. The molecule has 0 spiro atoms. The molecule has 7 nitrogen and oxygen atoms in total. The fraction of sp³-hybridized carbons (Fsp3) is 0.217. The number of hydrogen-bond acceptors (Lipinski definition) is 5. The monoisotopic (exact) mass is 416 g/mol. The van der Waals surface area contributed by atoms with E-state index in [0.717, 1.165) is 28.8 Å². The maximum atomic E-state index is 14.1. The highest BCUT2D eigenvalue weighted by atomic mass is 19.1. The predicted molar refractivity (Wildman–Crippen MR) is 117 cm³/mol. The minimum atomic E-state index is -0.351. The van der Waals surface area contributed by atoms with Gasteiger partial charge in [0.15, 0.2) is 5.65 Å². The van der Waals surface area contributed by atoms with Crippen molar-refractivity contribution in [2.24, 2.45) is 7.05 Å². The fourth-order valence-corrected chi connectivity index (χ4v) is 4.22. The fourth-order valence-electron chi connectivity index (χ4n) is 4.22. The van der Waals surface area contributed by atoms with Gasteiger partial charge < -0.3 is 10.6 Å². The molecule has 1 amide bonds. The highest BCUT2D eigenvalue weighted by Gasteiger charge is 2.26. The molecule has 2 N–H and O–H groups in total. The van der Waals surface area contributed by atoms with Crippen LogP contribution in [0.2, 0.25) is 0 Å². The summed E-state index contributed by atoms with van der Waals surface area (Å²) in [5.41, 5.74) is 11.6. The quantitative estimate of drug-likeness (QED) is 0.554. The van der Waals surface area contributed by atoms with E-state index >= 15 is 0 Å². The average Bonchev–Trinajstić information content (AvgIpc) is 3.32. The first-order valence-electron chi connectivity index (χ1n) is 10.0. The van der Waals surface area contributed by atoms with Crippen molar-refractivity contribution in [1.29, 1.82) is 0 Å². The van der Waals surface area contributed by atoms with E-state index in [1.54, 1.807) is 21.7 Å². The summed E-state index contributed by atoms with van der Waals surface area (Å²) in [5, 5.41) is 5.30. The maximum absolute atomic E-state index is 14.1. The van der Waals surface area contributed by atoms with Gasteiger partial charge >= 0.3 is 0 Å². The van der Waals surface area contributed by atoms with Crippen LogP contribution in [0.1, 0.15) is 16.7 Å². The third-order valence-corrected chi connectivity index (χ3v) is 5.74. The largest absolute Gasteiger partial charge is 0.383 e. The Morgan fingerprint density at radius 1 is 1.19 bits per heavy atom. The van der Waals surface area contributed by atoms with Gasteiger partial charge in [0, 0.05) is 24.8 Å². The maximum Gasteiger partial charge on any atom is 0.231 e. The van der Waals surface area contributed by atoms with Crippen molar-refractivity contribution in [3.8, 4) is 11.3 Å². The van der Waals surface area contributed by atoms with Gasteiger partial charge in [0.1, 0.15) is 23.7 Å². The van der Waals surface area contributed by atoms with Gasteiger partial charge in [-0.1, -0.05) is 23.8 Å². The lowest BCUT2D eigenvalue weighted by Gasteiger charge is -2.18. The van der Waals surface area contributed by atoms with E-state index in [1.165, 1.54) is 12.4 Å². The van der Waals surface area contributed by atoms with E-state index < -0.39 is 0 Å². The van der Waals surface area contributed by atoms with E-state index in [4.69, 9.17) is 5.73 Å². The number of nitrogens with zero attached hydrogens (tertiary/aromatic N) is 5. The number of carbonyl (C=O) groups is 1. The van der Waals surface area contributed by atoms with Gasteiger partial charge in [-0.3, -0.25) is 4.79 Å². The predicted octanol–water partition coefficient (Wildman–Crippen LogP) is 3.19. The molecule has 31 heavy (non-hydrogen) atoms. The molecule has 0 bridgehead atoms. The highest BCUT2D eigenvalue weighted by molar-refractivity contribution is 6.00. The molecule has 2 aromatic heterocycles. The zero-order valence-electron chi connectivity index (χ0n) is 17.3. The second-order valence-electron chi connectivity index (χ2n) is 7.84. The first-order valence-corrected chi connectivity index (χ1v) is 10.0. The lowest BCUT2D eigenvalue weighted by atomic mass is 10.0. The van der Waals surface area contributed by atoms with Crippen LogP contribution in [0.4, 0.5) is 15.9 Å². The second kappa shape index (κ2) is 7.16. The lowest BCUT2D eigenvalue weighted by molar-refractivity contribution is -0.117. The van der Waals surface area contributed by atoms with Crippen LogP contribution in [0.5, 0.6) is 0 Å². The minimum Gasteiger partial charge on any atom is -0.383 e. The summed E-state index contributed by atoms with van der Waals surface area (Å²) >= 11 is 0. The standard InChI is InChI=1S/C23H21FN6O/c1-13-3-5-17(24)16(9-13)11-19(31)30-8-7-14-10-15(4-6-18(14)30)21-20-22(25)26-12-27-23(20)29(2)28-21/h3-6,9-10,12H,7-8,11H2,1-2H3,(H2,25,26,27). The van der Waals surface area contributed by atoms with Crippen LogP contribution in [0.15, 0.2) is 42.7 Å². The molecule has 0 aliphatic carbocycles. The molecule has 0 unspecified atom stereocenters. The molecule has 156 valence electrons. The van der Waals surface area contributed by atoms with Crippen LogP contribution >= 0.6 is 0 Å². The van der Waals surface area contributed by atoms with Crippen LogP contribution < -0.4 is 10.6 Å². The summed E-state index contributed by atoms with van der Waals surface area (Å²) in [6.07, 6.45) is 2.18. The number of nitrogen functional groups attached to an aromatic ring is 1. The highest BCUT2D eigenvalue weighted by Crippen LogP contribution is 2.35. The van der Waals surface area contributed by atoms with Crippen molar-refractivity contribution in [3.63, 3.8) is 0 Å². The molecular formula is C23H21FN6O. The van der Waals surface area contributed by atoms with Crippen LogP contribution in [0, 0.1) is 12.7 Å².